The number of likely N-dealkylation sites (tertiary alicyclic amines) is 1. The average molecular weight is 557 g/mol. The highest BCUT2D eigenvalue weighted by atomic mass is 16.4. The number of carbonyl (C=O) groups is 3. The van der Waals surface area contributed by atoms with Gasteiger partial charge in [-0.1, -0.05) is 12.1 Å². The van der Waals surface area contributed by atoms with Gasteiger partial charge in [-0.25, -0.2) is 0 Å². The lowest BCUT2D eigenvalue weighted by atomic mass is 9.56. The molecule has 3 aliphatic carbocycles. The summed E-state index contributed by atoms with van der Waals surface area (Å²) in [4.78, 5) is 42.8. The maximum Gasteiger partial charge on any atom is 0.255 e. The maximum absolute atomic E-state index is 13.9. The molecule has 0 unspecified atom stereocenters. The van der Waals surface area contributed by atoms with Gasteiger partial charge in [-0.05, 0) is 59.1 Å². The van der Waals surface area contributed by atoms with E-state index in [-0.39, 0.29) is 23.8 Å². The van der Waals surface area contributed by atoms with Crippen molar-refractivity contribution in [3.05, 3.63) is 45.7 Å². The van der Waals surface area contributed by atoms with Gasteiger partial charge in [0.25, 0.3) is 5.91 Å². The number of fused-ring (bicyclic) bond motifs is 3. The molecule has 1 aromatic carbocycles. The summed E-state index contributed by atoms with van der Waals surface area (Å²) in [6, 6.07) is 2.33. The fourth-order valence-electron chi connectivity index (χ4n) is 6.88. The van der Waals surface area contributed by atoms with Gasteiger partial charge in [0, 0.05) is 29.6 Å². The zero-order chi connectivity index (χ0) is 29.3. The number of phenolic OH excluding ortho intramolecular Hbond substituents is 1. The van der Waals surface area contributed by atoms with Crippen molar-refractivity contribution in [1.29, 1.82) is 0 Å². The molecule has 1 saturated heterocycles. The van der Waals surface area contributed by atoms with Crippen molar-refractivity contribution < 1.29 is 39.9 Å². The van der Waals surface area contributed by atoms with Gasteiger partial charge in [0.2, 0.25) is 5.78 Å². The molecular formula is C28H36N4O8. The first-order valence-electron chi connectivity index (χ1n) is 13.4. The van der Waals surface area contributed by atoms with Crippen molar-refractivity contribution in [3.8, 4) is 5.75 Å². The normalized spacial score (nSPS) is 31.4. The summed E-state index contributed by atoms with van der Waals surface area (Å²) in [7, 11) is 5.01. The molecule has 0 spiro atoms. The number of aromatic hydroxyl groups is 1. The predicted molar refractivity (Wildman–Crippen MR) is 143 cm³/mol. The molecule has 5 atom stereocenters. The lowest BCUT2D eigenvalue weighted by Gasteiger charge is -2.52. The fourth-order valence-corrected chi connectivity index (χ4v) is 6.88. The standard InChI is InChI=1S/C28H36N4O8/c1-31(2)20-19-22(34)15-10-12-4-5-13(11-30-14-6-8-32(3)9-7-14)21(33)16(12)23(35)17(15)25(37)28(19,40)26(38)18(24(20)36)27(29)39/h4-5,14-15,19-20,22,30,33-35,38,40H,6-11H2,1-3H3,(H2,29,39)/t15-,19-,20+,22+,28+/m1/s1. The molecule has 12 nitrogen and oxygen atoms in total. The van der Waals surface area contributed by atoms with E-state index in [0.717, 1.165) is 25.9 Å². The number of amides is 1. The summed E-state index contributed by atoms with van der Waals surface area (Å²) in [5.74, 6) is -8.15. The van der Waals surface area contributed by atoms with Gasteiger partial charge >= 0.3 is 0 Å². The number of primary amides is 1. The number of aliphatic hydroxyl groups excluding tert-OH is 3. The second-order valence-electron chi connectivity index (χ2n) is 11.6. The molecule has 2 fully saturated rings. The lowest BCUT2D eigenvalue weighted by Crippen LogP contribution is -2.70. The van der Waals surface area contributed by atoms with E-state index in [4.69, 9.17) is 5.73 Å². The molecule has 216 valence electrons. The molecule has 4 aliphatic rings. The van der Waals surface area contributed by atoms with Crippen LogP contribution in [0.3, 0.4) is 0 Å². The van der Waals surface area contributed by atoms with Crippen LogP contribution in [0, 0.1) is 11.8 Å². The maximum atomic E-state index is 13.9. The second kappa shape index (κ2) is 9.96. The van der Waals surface area contributed by atoms with Crippen molar-refractivity contribution in [2.45, 2.75) is 49.6 Å². The van der Waals surface area contributed by atoms with Gasteiger partial charge in [0.1, 0.15) is 22.8 Å². The SMILES string of the molecule is CN1CCC(NCc2ccc3c(c2O)C(O)=C2C(=O)[C@]4(O)C(O)=C(C(N)=O)C(=O)[C@@H](N(C)C)[C@@H]4[C@@H](O)[C@@H]2C3)CC1. The van der Waals surface area contributed by atoms with Gasteiger partial charge in [0.15, 0.2) is 11.4 Å². The fraction of sp³-hybridized carbons (Fsp3) is 0.536. The smallest absolute Gasteiger partial charge is 0.255 e. The number of benzene rings is 1. The monoisotopic (exact) mass is 556 g/mol. The Morgan fingerprint density at radius 3 is 2.42 bits per heavy atom. The number of carbonyl (C=O) groups excluding carboxylic acids is 3. The van der Waals surface area contributed by atoms with Crippen LogP contribution in [0.4, 0.5) is 0 Å². The Bertz CT molecular complexity index is 1350. The third-order valence-electron chi connectivity index (χ3n) is 9.06. The first-order chi connectivity index (χ1) is 18.8. The number of ketones is 2. The molecule has 0 radical (unpaired) electrons. The average Bonchev–Trinajstić information content (AvgIpc) is 2.89. The van der Waals surface area contributed by atoms with Crippen molar-refractivity contribution in [2.75, 3.05) is 34.2 Å². The van der Waals surface area contributed by atoms with Crippen molar-refractivity contribution in [2.24, 2.45) is 17.6 Å². The third-order valence-corrected chi connectivity index (χ3v) is 9.06. The number of hydrogen-bond donors (Lipinski definition) is 7. The van der Waals surface area contributed by atoms with Crippen molar-refractivity contribution >= 4 is 23.2 Å². The highest BCUT2D eigenvalue weighted by Crippen LogP contribution is 2.52. The molecule has 1 amide bonds. The van der Waals surface area contributed by atoms with Crippen LogP contribution >= 0.6 is 0 Å². The summed E-state index contributed by atoms with van der Waals surface area (Å²) in [6.07, 6.45) is 0.332. The van der Waals surface area contributed by atoms with Crippen LogP contribution in [0.25, 0.3) is 5.76 Å². The molecular weight excluding hydrogens is 520 g/mol. The van der Waals surface area contributed by atoms with E-state index < -0.39 is 69.7 Å². The van der Waals surface area contributed by atoms with Crippen molar-refractivity contribution in [1.82, 2.24) is 15.1 Å². The Morgan fingerprint density at radius 2 is 1.82 bits per heavy atom. The Kier molecular flexibility index (Phi) is 7.04. The van der Waals surface area contributed by atoms with Crippen LogP contribution in [-0.4, -0.2) is 111 Å². The summed E-state index contributed by atoms with van der Waals surface area (Å²) in [6.45, 7) is 2.23. The summed E-state index contributed by atoms with van der Waals surface area (Å²) >= 11 is 0. The Morgan fingerprint density at radius 1 is 1.18 bits per heavy atom. The second-order valence-corrected chi connectivity index (χ2v) is 11.6. The summed E-state index contributed by atoms with van der Waals surface area (Å²) in [5, 5.41) is 60.1. The number of piperidine rings is 1. The number of hydrogen-bond acceptors (Lipinski definition) is 11. The minimum atomic E-state index is -2.91. The number of aliphatic hydroxyl groups is 4. The molecule has 1 heterocycles. The number of phenols is 1. The molecule has 1 aromatic rings. The molecule has 12 heteroatoms. The van der Waals surface area contributed by atoms with Gasteiger partial charge in [0.05, 0.1) is 23.6 Å². The zero-order valence-corrected chi connectivity index (χ0v) is 22.7. The Hall–Kier alpha value is -3.29. The van der Waals surface area contributed by atoms with Crippen LogP contribution in [0.15, 0.2) is 29.0 Å². The molecule has 1 saturated carbocycles. The van der Waals surface area contributed by atoms with Gasteiger partial charge in [-0.3, -0.25) is 19.3 Å². The largest absolute Gasteiger partial charge is 0.508 e. The van der Waals surface area contributed by atoms with Crippen LogP contribution in [-0.2, 0) is 27.3 Å². The van der Waals surface area contributed by atoms with E-state index in [9.17, 15) is 39.9 Å². The molecule has 8 N–H and O–H groups in total. The van der Waals surface area contributed by atoms with Gasteiger partial charge in [-0.2, -0.15) is 0 Å². The number of rotatable bonds is 5. The van der Waals surface area contributed by atoms with Crippen LogP contribution in [0.5, 0.6) is 5.75 Å². The van der Waals surface area contributed by atoms with E-state index in [0.29, 0.717) is 17.7 Å². The van der Waals surface area contributed by atoms with Crippen LogP contribution < -0.4 is 11.1 Å². The zero-order valence-electron chi connectivity index (χ0n) is 22.7. The van der Waals surface area contributed by atoms with E-state index in [2.05, 4.69) is 17.3 Å². The van der Waals surface area contributed by atoms with Crippen LogP contribution in [0.2, 0.25) is 0 Å². The van der Waals surface area contributed by atoms with Gasteiger partial charge in [-0.15, -0.1) is 0 Å². The summed E-state index contributed by atoms with van der Waals surface area (Å²) < 4.78 is 0. The number of nitrogens with one attached hydrogen (secondary N) is 1. The number of likely N-dealkylation sites (N-methyl/N-ethyl adjacent to an activating group) is 1. The van der Waals surface area contributed by atoms with E-state index in [1.807, 2.05) is 0 Å². The van der Waals surface area contributed by atoms with Crippen molar-refractivity contribution in [3.63, 3.8) is 0 Å². The molecule has 0 bridgehead atoms. The summed E-state index contributed by atoms with van der Waals surface area (Å²) in [5.41, 5.74) is 2.08. The lowest BCUT2D eigenvalue weighted by molar-refractivity contribution is -0.168. The van der Waals surface area contributed by atoms with Gasteiger partial charge < -0.3 is 41.5 Å². The first kappa shape index (κ1) is 28.2. The highest BCUT2D eigenvalue weighted by molar-refractivity contribution is 6.24. The number of nitrogens with zero attached hydrogens (tertiary/aromatic N) is 2. The minimum Gasteiger partial charge on any atom is -0.508 e. The van der Waals surface area contributed by atoms with E-state index >= 15 is 0 Å². The van der Waals surface area contributed by atoms with E-state index in [1.54, 1.807) is 12.1 Å². The van der Waals surface area contributed by atoms with E-state index in [1.165, 1.54) is 19.0 Å². The topological polar surface area (TPSA) is 197 Å². The molecule has 40 heavy (non-hydrogen) atoms. The predicted octanol–water partition coefficient (Wildman–Crippen LogP) is -0.881. The first-order valence-corrected chi connectivity index (χ1v) is 13.4. The molecule has 0 aromatic heterocycles. The molecule has 1 aliphatic heterocycles. The number of Topliss-reactive ketones (excluding diaryl/α,β-unsaturated/α-hetero) is 2. The third kappa shape index (κ3) is 4.05. The van der Waals surface area contributed by atoms with Crippen LogP contribution in [0.1, 0.15) is 29.5 Å². The quantitative estimate of drug-likeness (QED) is 0.222. The number of nitrogens with two attached hydrogens (primary N) is 1. The highest BCUT2D eigenvalue weighted by Gasteiger charge is 2.67. The minimum absolute atomic E-state index is 0.00571. The molecule has 5 rings (SSSR count). The Labute approximate surface area is 231 Å². The Balaban J connectivity index is 1.58.